The van der Waals surface area contributed by atoms with Crippen molar-refractivity contribution in [2.24, 2.45) is 0 Å². The lowest BCUT2D eigenvalue weighted by Gasteiger charge is -2.38. The normalized spacial score (nSPS) is 17.8. The van der Waals surface area contributed by atoms with Crippen molar-refractivity contribution in [3.63, 3.8) is 0 Å². The number of amides is 1. The van der Waals surface area contributed by atoms with Crippen LogP contribution < -0.4 is 14.8 Å². The number of para-hydroxylation sites is 1. The fourth-order valence-electron chi connectivity index (χ4n) is 3.48. The first-order valence-electron chi connectivity index (χ1n) is 9.52. The summed E-state index contributed by atoms with van der Waals surface area (Å²) in [5.74, 6) is 1.55. The number of methoxy groups -OCH3 is 2. The molecule has 150 valence electrons. The predicted octanol–water partition coefficient (Wildman–Crippen LogP) is 2.78. The molecule has 0 bridgehead atoms. The van der Waals surface area contributed by atoms with Crippen LogP contribution in [0.5, 0.6) is 11.5 Å². The first kappa shape index (κ1) is 20.2. The molecule has 6 nitrogen and oxygen atoms in total. The van der Waals surface area contributed by atoms with Crippen molar-refractivity contribution in [2.75, 3.05) is 33.9 Å². The Labute approximate surface area is 166 Å². The van der Waals surface area contributed by atoms with Gasteiger partial charge in [0.1, 0.15) is 17.6 Å². The van der Waals surface area contributed by atoms with Gasteiger partial charge in [-0.1, -0.05) is 30.3 Å². The molecule has 1 aliphatic heterocycles. The Morgan fingerprint density at radius 3 is 2.79 bits per heavy atom. The van der Waals surface area contributed by atoms with E-state index in [1.165, 1.54) is 0 Å². The van der Waals surface area contributed by atoms with Crippen LogP contribution in [0.4, 0.5) is 0 Å². The van der Waals surface area contributed by atoms with E-state index in [1.54, 1.807) is 14.2 Å². The first-order valence-corrected chi connectivity index (χ1v) is 9.52. The summed E-state index contributed by atoms with van der Waals surface area (Å²) in [6.45, 7) is 4.25. The molecule has 0 aromatic heterocycles. The summed E-state index contributed by atoms with van der Waals surface area (Å²) in [7, 11) is 3.29. The number of hydrogen-bond acceptors (Lipinski definition) is 5. The maximum Gasteiger partial charge on any atom is 0.252 e. The Bertz CT molecular complexity index is 796. The Morgan fingerprint density at radius 1 is 1.18 bits per heavy atom. The zero-order valence-electron chi connectivity index (χ0n) is 16.7. The second kappa shape index (κ2) is 9.57. The third kappa shape index (κ3) is 4.64. The van der Waals surface area contributed by atoms with E-state index < -0.39 is 6.10 Å². The summed E-state index contributed by atoms with van der Waals surface area (Å²) in [6, 6.07) is 15.4. The van der Waals surface area contributed by atoms with Gasteiger partial charge in [0.05, 0.1) is 26.9 Å². The molecule has 2 atom stereocenters. The molecule has 2 aromatic carbocycles. The summed E-state index contributed by atoms with van der Waals surface area (Å²) in [4.78, 5) is 15.0. The van der Waals surface area contributed by atoms with Gasteiger partial charge in [-0.3, -0.25) is 4.79 Å². The van der Waals surface area contributed by atoms with Crippen LogP contribution in [0.2, 0.25) is 0 Å². The Hall–Kier alpha value is -2.57. The molecule has 0 aliphatic carbocycles. The topological polar surface area (TPSA) is 60.0 Å². The maximum absolute atomic E-state index is 13.1. The predicted molar refractivity (Wildman–Crippen MR) is 108 cm³/mol. The average molecular weight is 384 g/mol. The van der Waals surface area contributed by atoms with Crippen molar-refractivity contribution < 1.29 is 19.0 Å². The zero-order valence-corrected chi connectivity index (χ0v) is 16.7. The minimum atomic E-state index is -0.540. The Kier molecular flexibility index (Phi) is 6.90. The average Bonchev–Trinajstić information content (AvgIpc) is 2.77. The van der Waals surface area contributed by atoms with E-state index in [-0.39, 0.29) is 11.9 Å². The van der Waals surface area contributed by atoms with Gasteiger partial charge in [0.25, 0.3) is 5.91 Å². The highest BCUT2D eigenvalue weighted by Gasteiger charge is 2.32. The molecule has 28 heavy (non-hydrogen) atoms. The monoisotopic (exact) mass is 384 g/mol. The maximum atomic E-state index is 13.1. The highest BCUT2D eigenvalue weighted by Crippen LogP contribution is 2.30. The van der Waals surface area contributed by atoms with E-state index in [4.69, 9.17) is 14.2 Å². The molecule has 1 saturated heterocycles. The molecule has 1 N–H and O–H groups in total. The standard InChI is InChI=1S/C22H28N2O4/c1-16(28-15-17-7-6-8-18(13-17)26-2)22(25)24-12-11-23-14-20(24)19-9-4-5-10-21(19)27-3/h4-10,13,16,20,23H,11-12,14-15H2,1-3H3. The summed E-state index contributed by atoms with van der Waals surface area (Å²) in [6.07, 6.45) is -0.540. The second-order valence-electron chi connectivity index (χ2n) is 6.80. The fraction of sp³-hybridized carbons (Fsp3) is 0.409. The third-order valence-electron chi connectivity index (χ3n) is 5.01. The van der Waals surface area contributed by atoms with E-state index in [0.717, 1.165) is 29.2 Å². The van der Waals surface area contributed by atoms with Crippen molar-refractivity contribution in [1.29, 1.82) is 0 Å². The number of carbonyl (C=O) groups excluding carboxylic acids is 1. The van der Waals surface area contributed by atoms with Crippen LogP contribution in [0, 0.1) is 0 Å². The van der Waals surface area contributed by atoms with Gasteiger partial charge in [-0.15, -0.1) is 0 Å². The van der Waals surface area contributed by atoms with Crippen LogP contribution in [-0.4, -0.2) is 50.8 Å². The fourth-order valence-corrected chi connectivity index (χ4v) is 3.48. The van der Waals surface area contributed by atoms with E-state index in [1.807, 2.05) is 60.4 Å². The molecule has 1 heterocycles. The van der Waals surface area contributed by atoms with Gasteiger partial charge in [0.15, 0.2) is 0 Å². The minimum Gasteiger partial charge on any atom is -0.497 e. The molecule has 1 amide bonds. The molecule has 2 unspecified atom stereocenters. The molecule has 1 fully saturated rings. The van der Waals surface area contributed by atoms with Gasteiger partial charge in [0, 0.05) is 25.2 Å². The summed E-state index contributed by atoms with van der Waals surface area (Å²) in [5, 5.41) is 3.37. The number of nitrogens with zero attached hydrogens (tertiary/aromatic N) is 1. The molecule has 0 saturated carbocycles. The summed E-state index contributed by atoms with van der Waals surface area (Å²) in [5.41, 5.74) is 1.98. The quantitative estimate of drug-likeness (QED) is 0.795. The SMILES string of the molecule is COc1cccc(COC(C)C(=O)N2CCNCC2c2ccccc2OC)c1. The lowest BCUT2D eigenvalue weighted by Crippen LogP contribution is -2.51. The summed E-state index contributed by atoms with van der Waals surface area (Å²) < 4.78 is 16.6. The smallest absolute Gasteiger partial charge is 0.252 e. The zero-order chi connectivity index (χ0) is 19.9. The van der Waals surface area contributed by atoms with Crippen LogP contribution >= 0.6 is 0 Å². The largest absolute Gasteiger partial charge is 0.497 e. The molecule has 0 spiro atoms. The number of carbonyl (C=O) groups is 1. The van der Waals surface area contributed by atoms with Crippen molar-refractivity contribution >= 4 is 5.91 Å². The van der Waals surface area contributed by atoms with Crippen molar-refractivity contribution in [2.45, 2.75) is 25.7 Å². The number of benzene rings is 2. The minimum absolute atomic E-state index is 0.0136. The molecular formula is C22H28N2O4. The Morgan fingerprint density at radius 2 is 2.00 bits per heavy atom. The van der Waals surface area contributed by atoms with Crippen LogP contribution in [0.1, 0.15) is 24.1 Å². The highest BCUT2D eigenvalue weighted by molar-refractivity contribution is 5.81. The third-order valence-corrected chi connectivity index (χ3v) is 5.01. The lowest BCUT2D eigenvalue weighted by atomic mass is 10.0. The Balaban J connectivity index is 1.69. The van der Waals surface area contributed by atoms with Gasteiger partial charge in [-0.05, 0) is 30.7 Å². The molecule has 2 aromatic rings. The molecule has 3 rings (SSSR count). The number of piperazine rings is 1. The molecule has 0 radical (unpaired) electrons. The number of ether oxygens (including phenoxy) is 3. The summed E-state index contributed by atoms with van der Waals surface area (Å²) >= 11 is 0. The van der Waals surface area contributed by atoms with Crippen LogP contribution in [0.25, 0.3) is 0 Å². The van der Waals surface area contributed by atoms with E-state index >= 15 is 0 Å². The van der Waals surface area contributed by atoms with Gasteiger partial charge in [0.2, 0.25) is 0 Å². The van der Waals surface area contributed by atoms with Gasteiger partial charge >= 0.3 is 0 Å². The van der Waals surface area contributed by atoms with Crippen molar-refractivity contribution in [1.82, 2.24) is 10.2 Å². The van der Waals surface area contributed by atoms with Gasteiger partial charge in [-0.2, -0.15) is 0 Å². The van der Waals surface area contributed by atoms with Crippen LogP contribution in [0.15, 0.2) is 48.5 Å². The highest BCUT2D eigenvalue weighted by atomic mass is 16.5. The molecule has 1 aliphatic rings. The lowest BCUT2D eigenvalue weighted by molar-refractivity contribution is -0.147. The molecular weight excluding hydrogens is 356 g/mol. The second-order valence-corrected chi connectivity index (χ2v) is 6.80. The van der Waals surface area contributed by atoms with Gasteiger partial charge in [-0.25, -0.2) is 0 Å². The number of rotatable bonds is 7. The van der Waals surface area contributed by atoms with E-state index in [9.17, 15) is 4.79 Å². The van der Waals surface area contributed by atoms with Crippen LogP contribution in [-0.2, 0) is 16.1 Å². The first-order chi connectivity index (χ1) is 13.6. The van der Waals surface area contributed by atoms with Crippen molar-refractivity contribution in [3.8, 4) is 11.5 Å². The van der Waals surface area contributed by atoms with E-state index in [0.29, 0.717) is 19.7 Å². The van der Waals surface area contributed by atoms with Crippen LogP contribution in [0.3, 0.4) is 0 Å². The molecule has 6 heteroatoms. The van der Waals surface area contributed by atoms with Gasteiger partial charge < -0.3 is 24.4 Å². The van der Waals surface area contributed by atoms with E-state index in [2.05, 4.69) is 5.32 Å². The number of hydrogen-bond donors (Lipinski definition) is 1. The number of nitrogens with one attached hydrogen (secondary N) is 1. The van der Waals surface area contributed by atoms with Crippen molar-refractivity contribution in [3.05, 3.63) is 59.7 Å².